The topological polar surface area (TPSA) is 18.5 Å². The molecule has 1 aromatic rings. The lowest BCUT2D eigenvalue weighted by atomic mass is 10.2. The molecular weight excluding hydrogens is 220 g/mol. The molecule has 1 aliphatic heterocycles. The summed E-state index contributed by atoms with van der Waals surface area (Å²) in [5.41, 5.74) is 0. The van der Waals surface area contributed by atoms with E-state index in [-0.39, 0.29) is 19.6 Å². The van der Waals surface area contributed by atoms with Crippen molar-refractivity contribution in [3.63, 3.8) is 0 Å². The monoisotopic (exact) mass is 232 g/mol. The van der Waals surface area contributed by atoms with Crippen LogP contribution in [0.25, 0.3) is 0 Å². The van der Waals surface area contributed by atoms with Crippen LogP contribution in [0.5, 0.6) is 11.5 Å². The molecule has 0 bridgehead atoms. The highest BCUT2D eigenvalue weighted by atomic mass is 35.5. The average Bonchev–Trinajstić information content (AvgIpc) is 2.17. The molecule has 1 aromatic carbocycles. The molecule has 0 saturated heterocycles. The summed E-state index contributed by atoms with van der Waals surface area (Å²) in [4.78, 5) is 0. The van der Waals surface area contributed by atoms with Crippen molar-refractivity contribution >= 4 is 25.1 Å². The highest BCUT2D eigenvalue weighted by Crippen LogP contribution is 2.34. The van der Waals surface area contributed by atoms with Gasteiger partial charge in [0.1, 0.15) is 12.7 Å². The first-order chi connectivity index (χ1) is 6.29. The molecule has 14 heavy (non-hydrogen) atoms. The third-order valence-electron chi connectivity index (χ3n) is 2.08. The number of hydrogen-bond acceptors (Lipinski definition) is 2. The standard InChI is InChI=1S/C10H11ClO2.H2S/c1-2-8-6-12-10-5-7(11)3-4-9(10)13-8;/h3-5,8H,2,6H2,1H3;1H2/t8-;/m0./s1. The zero-order valence-corrected chi connectivity index (χ0v) is 9.67. The van der Waals surface area contributed by atoms with Crippen molar-refractivity contribution in [3.05, 3.63) is 23.2 Å². The van der Waals surface area contributed by atoms with Crippen LogP contribution in [0.15, 0.2) is 18.2 Å². The maximum absolute atomic E-state index is 5.81. The van der Waals surface area contributed by atoms with Crippen LogP contribution in [0.3, 0.4) is 0 Å². The van der Waals surface area contributed by atoms with Gasteiger partial charge in [-0.3, -0.25) is 0 Å². The van der Waals surface area contributed by atoms with Gasteiger partial charge in [-0.25, -0.2) is 0 Å². The van der Waals surface area contributed by atoms with Crippen LogP contribution >= 0.6 is 25.1 Å². The molecule has 0 fully saturated rings. The summed E-state index contributed by atoms with van der Waals surface area (Å²) in [5.74, 6) is 1.54. The van der Waals surface area contributed by atoms with Gasteiger partial charge in [0.15, 0.2) is 11.5 Å². The molecule has 0 amide bonds. The minimum atomic E-state index is 0. The first-order valence-corrected chi connectivity index (χ1v) is 4.76. The zero-order valence-electron chi connectivity index (χ0n) is 7.92. The van der Waals surface area contributed by atoms with Gasteiger partial charge in [0, 0.05) is 11.1 Å². The lowest BCUT2D eigenvalue weighted by molar-refractivity contribution is 0.0885. The maximum atomic E-state index is 5.81. The molecular formula is C10H13ClO2S. The van der Waals surface area contributed by atoms with E-state index in [2.05, 4.69) is 6.92 Å². The van der Waals surface area contributed by atoms with Crippen LogP contribution < -0.4 is 9.47 Å². The van der Waals surface area contributed by atoms with Crippen LogP contribution in [0.1, 0.15) is 13.3 Å². The van der Waals surface area contributed by atoms with Crippen molar-refractivity contribution in [2.75, 3.05) is 6.61 Å². The quantitative estimate of drug-likeness (QED) is 0.741. The summed E-state index contributed by atoms with van der Waals surface area (Å²) < 4.78 is 11.2. The Balaban J connectivity index is 0.000000980. The molecule has 0 aliphatic carbocycles. The van der Waals surface area contributed by atoms with Crippen LogP contribution in [0.4, 0.5) is 0 Å². The minimum Gasteiger partial charge on any atom is -0.486 e. The van der Waals surface area contributed by atoms with E-state index >= 15 is 0 Å². The predicted octanol–water partition coefficient (Wildman–Crippen LogP) is 3.00. The van der Waals surface area contributed by atoms with E-state index in [0.717, 1.165) is 17.9 Å². The van der Waals surface area contributed by atoms with Gasteiger partial charge in [0.25, 0.3) is 0 Å². The first-order valence-electron chi connectivity index (χ1n) is 4.38. The Morgan fingerprint density at radius 2 is 2.21 bits per heavy atom. The molecule has 0 spiro atoms. The molecule has 0 radical (unpaired) electrons. The summed E-state index contributed by atoms with van der Waals surface area (Å²) in [6.07, 6.45) is 1.14. The van der Waals surface area contributed by atoms with Crippen molar-refractivity contribution in [1.82, 2.24) is 0 Å². The fourth-order valence-electron chi connectivity index (χ4n) is 1.29. The number of fused-ring (bicyclic) bond motifs is 1. The normalized spacial score (nSPS) is 18.6. The third kappa shape index (κ3) is 2.28. The molecule has 4 heteroatoms. The molecule has 0 aromatic heterocycles. The summed E-state index contributed by atoms with van der Waals surface area (Å²) in [6, 6.07) is 5.43. The van der Waals surface area contributed by atoms with E-state index < -0.39 is 0 Å². The predicted molar refractivity (Wildman–Crippen MR) is 62.0 cm³/mol. The second-order valence-electron chi connectivity index (χ2n) is 3.05. The molecule has 1 atom stereocenters. The molecule has 0 saturated carbocycles. The van der Waals surface area contributed by atoms with Crippen molar-refractivity contribution in [3.8, 4) is 11.5 Å². The van der Waals surface area contributed by atoms with E-state index in [1.807, 2.05) is 12.1 Å². The number of benzene rings is 1. The van der Waals surface area contributed by atoms with Gasteiger partial charge in [0.2, 0.25) is 0 Å². The summed E-state index contributed by atoms with van der Waals surface area (Å²) in [5, 5.41) is 0.678. The van der Waals surface area contributed by atoms with Gasteiger partial charge in [-0.2, -0.15) is 13.5 Å². The Kier molecular flexibility index (Phi) is 3.96. The number of halogens is 1. The van der Waals surface area contributed by atoms with Crippen molar-refractivity contribution in [1.29, 1.82) is 0 Å². The SMILES string of the molecule is CC[C@H]1COc2cc(Cl)ccc2O1.S. The van der Waals surface area contributed by atoms with Gasteiger partial charge < -0.3 is 9.47 Å². The Morgan fingerprint density at radius 3 is 2.93 bits per heavy atom. The molecule has 1 heterocycles. The Bertz CT molecular complexity index is 317. The van der Waals surface area contributed by atoms with Crippen molar-refractivity contribution < 1.29 is 9.47 Å². The summed E-state index contributed by atoms with van der Waals surface area (Å²) in [6.45, 7) is 2.69. The zero-order chi connectivity index (χ0) is 9.26. The second kappa shape index (κ2) is 4.80. The second-order valence-corrected chi connectivity index (χ2v) is 3.49. The largest absolute Gasteiger partial charge is 0.486 e. The van der Waals surface area contributed by atoms with E-state index in [1.165, 1.54) is 0 Å². The smallest absolute Gasteiger partial charge is 0.162 e. The fourth-order valence-corrected chi connectivity index (χ4v) is 1.45. The van der Waals surface area contributed by atoms with Crippen LogP contribution in [0, 0.1) is 0 Å². The molecule has 2 nitrogen and oxygen atoms in total. The third-order valence-corrected chi connectivity index (χ3v) is 2.31. The van der Waals surface area contributed by atoms with Gasteiger partial charge in [0.05, 0.1) is 0 Å². The highest BCUT2D eigenvalue weighted by Gasteiger charge is 2.19. The Hall–Kier alpha value is -0.540. The van der Waals surface area contributed by atoms with Crippen molar-refractivity contribution in [2.24, 2.45) is 0 Å². The lowest BCUT2D eigenvalue weighted by Gasteiger charge is -2.25. The molecule has 1 aliphatic rings. The van der Waals surface area contributed by atoms with E-state index in [0.29, 0.717) is 11.6 Å². The molecule has 2 rings (SSSR count). The molecule has 0 N–H and O–H groups in total. The summed E-state index contributed by atoms with van der Waals surface area (Å²) >= 11 is 5.81. The van der Waals surface area contributed by atoms with Crippen LogP contribution in [0.2, 0.25) is 5.02 Å². The number of hydrogen-bond donors (Lipinski definition) is 0. The number of ether oxygens (including phenoxy) is 2. The van der Waals surface area contributed by atoms with Gasteiger partial charge >= 0.3 is 0 Å². The maximum Gasteiger partial charge on any atom is 0.162 e. The first kappa shape index (κ1) is 11.5. The van der Waals surface area contributed by atoms with E-state index in [9.17, 15) is 0 Å². The van der Waals surface area contributed by atoms with Gasteiger partial charge in [-0.15, -0.1) is 0 Å². The summed E-state index contributed by atoms with van der Waals surface area (Å²) in [7, 11) is 0. The van der Waals surface area contributed by atoms with E-state index in [1.54, 1.807) is 6.07 Å². The van der Waals surface area contributed by atoms with Crippen LogP contribution in [-0.2, 0) is 0 Å². The Labute approximate surface area is 95.6 Å². The van der Waals surface area contributed by atoms with Crippen molar-refractivity contribution in [2.45, 2.75) is 19.4 Å². The van der Waals surface area contributed by atoms with Gasteiger partial charge in [-0.05, 0) is 18.6 Å². The fraction of sp³-hybridized carbons (Fsp3) is 0.400. The average molecular weight is 233 g/mol. The van der Waals surface area contributed by atoms with E-state index in [4.69, 9.17) is 21.1 Å². The Morgan fingerprint density at radius 1 is 1.43 bits per heavy atom. The highest BCUT2D eigenvalue weighted by molar-refractivity contribution is 7.59. The van der Waals surface area contributed by atoms with Crippen LogP contribution in [-0.4, -0.2) is 12.7 Å². The lowest BCUT2D eigenvalue weighted by Crippen LogP contribution is -2.28. The molecule has 0 unspecified atom stereocenters. The van der Waals surface area contributed by atoms with Gasteiger partial charge in [-0.1, -0.05) is 18.5 Å². The number of rotatable bonds is 1. The molecule has 78 valence electrons. The minimum absolute atomic E-state index is 0.